The first-order valence-corrected chi connectivity index (χ1v) is 8.22. The molecule has 1 unspecified atom stereocenters. The fourth-order valence-electron chi connectivity index (χ4n) is 2.83. The molecule has 0 bridgehead atoms. The number of rotatable bonds is 6. The van der Waals surface area contributed by atoms with Gasteiger partial charge in [0.05, 0.1) is 24.4 Å². The molecule has 25 heavy (non-hydrogen) atoms. The lowest BCUT2D eigenvalue weighted by atomic mass is 9.99. The second kappa shape index (κ2) is 7.29. The summed E-state index contributed by atoms with van der Waals surface area (Å²) in [4.78, 5) is 12.3. The standard InChI is InChI=1S/C18H21N5O2/c1-12(17-13(2)21-25-14(17)3)18(24)19-9-10-23-11-16(20-22-23)15-7-5-4-6-8-15/h4-8,11-12H,9-10H2,1-3H3,(H,19,24). The maximum Gasteiger partial charge on any atom is 0.227 e. The van der Waals surface area contributed by atoms with E-state index in [-0.39, 0.29) is 11.8 Å². The highest BCUT2D eigenvalue weighted by molar-refractivity contribution is 5.83. The number of carbonyl (C=O) groups excluding carboxylic acids is 1. The van der Waals surface area contributed by atoms with Crippen LogP contribution < -0.4 is 5.32 Å². The fourth-order valence-corrected chi connectivity index (χ4v) is 2.83. The van der Waals surface area contributed by atoms with Gasteiger partial charge in [0.15, 0.2) is 0 Å². The van der Waals surface area contributed by atoms with Crippen molar-refractivity contribution in [3.63, 3.8) is 0 Å². The maximum atomic E-state index is 12.3. The van der Waals surface area contributed by atoms with E-state index in [4.69, 9.17) is 4.52 Å². The second-order valence-electron chi connectivity index (χ2n) is 5.98. The van der Waals surface area contributed by atoms with Crippen molar-refractivity contribution in [2.45, 2.75) is 33.2 Å². The summed E-state index contributed by atoms with van der Waals surface area (Å²) in [6, 6.07) is 9.86. The number of carbonyl (C=O) groups is 1. The third-order valence-electron chi connectivity index (χ3n) is 4.16. The molecule has 2 aromatic heterocycles. The summed E-state index contributed by atoms with van der Waals surface area (Å²) in [5, 5.41) is 15.1. The van der Waals surface area contributed by atoms with Crippen molar-refractivity contribution in [1.82, 2.24) is 25.5 Å². The highest BCUT2D eigenvalue weighted by Gasteiger charge is 2.22. The number of aromatic nitrogens is 4. The molecule has 0 aliphatic carbocycles. The normalized spacial score (nSPS) is 12.1. The molecule has 0 saturated heterocycles. The first-order chi connectivity index (χ1) is 12.1. The van der Waals surface area contributed by atoms with E-state index in [0.717, 1.165) is 22.5 Å². The van der Waals surface area contributed by atoms with Crippen molar-refractivity contribution >= 4 is 5.91 Å². The van der Waals surface area contributed by atoms with Crippen LogP contribution in [0.25, 0.3) is 11.3 Å². The van der Waals surface area contributed by atoms with Gasteiger partial charge in [0.1, 0.15) is 11.5 Å². The van der Waals surface area contributed by atoms with Crippen LogP contribution in [0.2, 0.25) is 0 Å². The van der Waals surface area contributed by atoms with Crippen LogP contribution in [0.5, 0.6) is 0 Å². The molecule has 0 saturated carbocycles. The van der Waals surface area contributed by atoms with Gasteiger partial charge >= 0.3 is 0 Å². The van der Waals surface area contributed by atoms with Crippen LogP contribution in [0.1, 0.15) is 29.9 Å². The largest absolute Gasteiger partial charge is 0.361 e. The zero-order chi connectivity index (χ0) is 17.8. The highest BCUT2D eigenvalue weighted by atomic mass is 16.5. The molecule has 3 rings (SSSR count). The van der Waals surface area contributed by atoms with E-state index < -0.39 is 0 Å². The predicted octanol–water partition coefficient (Wildman–Crippen LogP) is 2.47. The van der Waals surface area contributed by atoms with E-state index in [2.05, 4.69) is 20.8 Å². The Morgan fingerprint density at radius 1 is 1.28 bits per heavy atom. The monoisotopic (exact) mass is 339 g/mol. The lowest BCUT2D eigenvalue weighted by molar-refractivity contribution is -0.122. The van der Waals surface area contributed by atoms with Gasteiger partial charge < -0.3 is 9.84 Å². The molecule has 7 heteroatoms. The van der Waals surface area contributed by atoms with E-state index in [1.807, 2.05) is 57.3 Å². The van der Waals surface area contributed by atoms with Crippen LogP contribution in [0, 0.1) is 13.8 Å². The fraction of sp³-hybridized carbons (Fsp3) is 0.333. The minimum absolute atomic E-state index is 0.0576. The molecule has 0 spiro atoms. The number of nitrogens with zero attached hydrogens (tertiary/aromatic N) is 4. The van der Waals surface area contributed by atoms with Gasteiger partial charge in [-0.05, 0) is 20.8 Å². The molecule has 1 aromatic carbocycles. The molecule has 0 aliphatic heterocycles. The summed E-state index contributed by atoms with van der Waals surface area (Å²) in [6.45, 7) is 6.55. The lowest BCUT2D eigenvalue weighted by Crippen LogP contribution is -2.31. The summed E-state index contributed by atoms with van der Waals surface area (Å²) in [7, 11) is 0. The second-order valence-corrected chi connectivity index (χ2v) is 5.98. The number of hydrogen-bond acceptors (Lipinski definition) is 5. The Morgan fingerprint density at radius 3 is 2.72 bits per heavy atom. The third-order valence-corrected chi connectivity index (χ3v) is 4.16. The van der Waals surface area contributed by atoms with E-state index in [9.17, 15) is 4.79 Å². The van der Waals surface area contributed by atoms with Crippen molar-refractivity contribution in [3.8, 4) is 11.3 Å². The minimum Gasteiger partial charge on any atom is -0.361 e. The van der Waals surface area contributed by atoms with Gasteiger partial charge in [-0.1, -0.05) is 40.7 Å². The van der Waals surface area contributed by atoms with Gasteiger partial charge in [0.25, 0.3) is 0 Å². The van der Waals surface area contributed by atoms with Crippen molar-refractivity contribution < 1.29 is 9.32 Å². The average Bonchev–Trinajstić information content (AvgIpc) is 3.22. The van der Waals surface area contributed by atoms with E-state index in [1.54, 1.807) is 4.68 Å². The van der Waals surface area contributed by atoms with Crippen molar-refractivity contribution in [1.29, 1.82) is 0 Å². The molecule has 1 atom stereocenters. The molecular formula is C18H21N5O2. The summed E-state index contributed by atoms with van der Waals surface area (Å²) >= 11 is 0. The van der Waals surface area contributed by atoms with Crippen LogP contribution in [-0.4, -0.2) is 32.6 Å². The number of hydrogen-bond donors (Lipinski definition) is 1. The van der Waals surface area contributed by atoms with Gasteiger partial charge in [0.2, 0.25) is 5.91 Å². The first-order valence-electron chi connectivity index (χ1n) is 8.22. The smallest absolute Gasteiger partial charge is 0.227 e. The molecule has 130 valence electrons. The Labute approximate surface area is 146 Å². The van der Waals surface area contributed by atoms with Gasteiger partial charge in [-0.3, -0.25) is 9.48 Å². The van der Waals surface area contributed by atoms with Crippen LogP contribution in [-0.2, 0) is 11.3 Å². The van der Waals surface area contributed by atoms with Crippen molar-refractivity contribution in [3.05, 3.63) is 53.5 Å². The Bertz CT molecular complexity index is 834. The Kier molecular flexibility index (Phi) is 4.92. The topological polar surface area (TPSA) is 85.8 Å². The first kappa shape index (κ1) is 16.9. The lowest BCUT2D eigenvalue weighted by Gasteiger charge is -2.11. The molecular weight excluding hydrogens is 318 g/mol. The Balaban J connectivity index is 1.55. The maximum absolute atomic E-state index is 12.3. The Hall–Kier alpha value is -2.96. The molecule has 1 N–H and O–H groups in total. The van der Waals surface area contributed by atoms with Crippen LogP contribution in [0.3, 0.4) is 0 Å². The number of nitrogens with one attached hydrogen (secondary N) is 1. The summed E-state index contributed by atoms with van der Waals surface area (Å²) in [5.41, 5.74) is 3.44. The van der Waals surface area contributed by atoms with Crippen molar-refractivity contribution in [2.24, 2.45) is 0 Å². The Morgan fingerprint density at radius 2 is 2.04 bits per heavy atom. The third kappa shape index (κ3) is 3.76. The molecule has 0 radical (unpaired) electrons. The quantitative estimate of drug-likeness (QED) is 0.745. The van der Waals surface area contributed by atoms with Gasteiger partial charge in [0, 0.05) is 17.7 Å². The zero-order valence-electron chi connectivity index (χ0n) is 14.6. The van der Waals surface area contributed by atoms with Crippen LogP contribution >= 0.6 is 0 Å². The SMILES string of the molecule is Cc1noc(C)c1C(C)C(=O)NCCn1cc(-c2ccccc2)nn1. The zero-order valence-corrected chi connectivity index (χ0v) is 14.6. The van der Waals surface area contributed by atoms with Crippen LogP contribution in [0.4, 0.5) is 0 Å². The number of amides is 1. The molecule has 0 fully saturated rings. The summed E-state index contributed by atoms with van der Waals surface area (Å²) in [5.74, 6) is 0.323. The minimum atomic E-state index is -0.304. The number of benzene rings is 1. The molecule has 7 nitrogen and oxygen atoms in total. The average molecular weight is 339 g/mol. The van der Waals surface area contributed by atoms with Gasteiger partial charge in [-0.2, -0.15) is 0 Å². The summed E-state index contributed by atoms with van der Waals surface area (Å²) < 4.78 is 6.86. The predicted molar refractivity (Wildman–Crippen MR) is 92.9 cm³/mol. The molecule has 3 aromatic rings. The van der Waals surface area contributed by atoms with Crippen molar-refractivity contribution in [2.75, 3.05) is 6.54 Å². The van der Waals surface area contributed by atoms with Gasteiger partial charge in [-0.15, -0.1) is 5.10 Å². The van der Waals surface area contributed by atoms with E-state index >= 15 is 0 Å². The number of aryl methyl sites for hydroxylation is 2. The highest BCUT2D eigenvalue weighted by Crippen LogP contribution is 2.23. The van der Waals surface area contributed by atoms with E-state index in [1.165, 1.54) is 0 Å². The van der Waals surface area contributed by atoms with Crippen LogP contribution in [0.15, 0.2) is 41.1 Å². The molecule has 0 aliphatic rings. The summed E-state index contributed by atoms with van der Waals surface area (Å²) in [6.07, 6.45) is 1.87. The van der Waals surface area contributed by atoms with Gasteiger partial charge in [-0.25, -0.2) is 0 Å². The molecule has 1 amide bonds. The van der Waals surface area contributed by atoms with E-state index in [0.29, 0.717) is 18.8 Å². The molecule has 2 heterocycles.